The Labute approximate surface area is 436 Å². The van der Waals surface area contributed by atoms with Crippen LogP contribution in [0.1, 0.15) is 309 Å². The number of aliphatic hydroxyl groups is 1. The van der Waals surface area contributed by atoms with Crippen molar-refractivity contribution in [3.8, 4) is 0 Å². The number of carbonyl (C=O) groups is 1. The molecule has 3 unspecified atom stereocenters. The number of phosphoric ester groups is 1. The Morgan fingerprint density at radius 3 is 1.11 bits per heavy atom. The lowest BCUT2D eigenvalue weighted by Crippen LogP contribution is -2.45. The molecule has 0 saturated heterocycles. The molecule has 0 spiro atoms. The average molecular weight is 1010 g/mol. The molecule has 8 nitrogen and oxygen atoms in total. The lowest BCUT2D eigenvalue weighted by atomic mass is 10.0. The number of carbonyl (C=O) groups excluding carboxylic acids is 1. The largest absolute Gasteiger partial charge is 0.756 e. The maximum atomic E-state index is 12.9. The molecule has 2 N–H and O–H groups in total. The standard InChI is InChI=1S/C61H121N2O6P/c1-6-8-10-12-14-15-16-17-18-19-20-21-22-23-24-25-26-27-28-29-30-31-32-33-34-35-36-37-38-39-40-41-42-43-44-45-46-47-49-51-53-55-61(65)62-59(60(64)54-52-50-48-13-11-9-7-2)58-69-70(66,67)68-57-56-63(3,4)5/h19-20,52,54,59-60,64H,6-18,21-51,53,55-58H2,1-5H3,(H-,62,65,66,67)/b20-19-,54-52+. The van der Waals surface area contributed by atoms with E-state index in [-0.39, 0.29) is 19.1 Å². The van der Waals surface area contributed by atoms with Crippen LogP contribution in [-0.2, 0) is 18.4 Å². The lowest BCUT2D eigenvalue weighted by molar-refractivity contribution is -0.870. The molecular formula is C61H121N2O6P. The van der Waals surface area contributed by atoms with Crippen LogP contribution in [0.25, 0.3) is 0 Å². The van der Waals surface area contributed by atoms with Crippen LogP contribution in [0.5, 0.6) is 0 Å². The van der Waals surface area contributed by atoms with E-state index < -0.39 is 20.0 Å². The van der Waals surface area contributed by atoms with Crippen LogP contribution in [-0.4, -0.2) is 68.5 Å². The summed E-state index contributed by atoms with van der Waals surface area (Å²) in [6, 6.07) is -0.880. The van der Waals surface area contributed by atoms with Crippen LogP contribution < -0.4 is 10.2 Å². The summed E-state index contributed by atoms with van der Waals surface area (Å²) in [5, 5.41) is 13.7. The number of phosphoric acid groups is 1. The number of likely N-dealkylation sites (N-methyl/N-ethyl adjacent to an activating group) is 1. The third kappa shape index (κ3) is 54.7. The van der Waals surface area contributed by atoms with Crippen molar-refractivity contribution in [3.05, 3.63) is 24.3 Å². The van der Waals surface area contributed by atoms with Crippen molar-refractivity contribution >= 4 is 13.7 Å². The molecule has 0 radical (unpaired) electrons. The van der Waals surface area contributed by atoms with Crippen LogP contribution in [0.3, 0.4) is 0 Å². The second-order valence-electron chi connectivity index (χ2n) is 22.4. The van der Waals surface area contributed by atoms with Gasteiger partial charge in [0.25, 0.3) is 7.82 Å². The molecule has 0 aromatic heterocycles. The molecule has 416 valence electrons. The lowest BCUT2D eigenvalue weighted by Gasteiger charge is -2.29. The number of aliphatic hydroxyl groups excluding tert-OH is 1. The zero-order chi connectivity index (χ0) is 51.3. The van der Waals surface area contributed by atoms with E-state index in [4.69, 9.17) is 9.05 Å². The van der Waals surface area contributed by atoms with Gasteiger partial charge >= 0.3 is 0 Å². The number of allylic oxidation sites excluding steroid dienone is 3. The van der Waals surface area contributed by atoms with E-state index in [1.165, 1.54) is 250 Å². The minimum atomic E-state index is -4.58. The maximum absolute atomic E-state index is 12.9. The molecule has 0 aromatic carbocycles. The van der Waals surface area contributed by atoms with Gasteiger partial charge in [-0.1, -0.05) is 282 Å². The molecule has 0 bridgehead atoms. The highest BCUT2D eigenvalue weighted by atomic mass is 31.2. The van der Waals surface area contributed by atoms with E-state index in [1.54, 1.807) is 6.08 Å². The average Bonchev–Trinajstić information content (AvgIpc) is 3.32. The van der Waals surface area contributed by atoms with Crippen molar-refractivity contribution in [2.75, 3.05) is 40.9 Å². The van der Waals surface area contributed by atoms with E-state index >= 15 is 0 Å². The summed E-state index contributed by atoms with van der Waals surface area (Å²) < 4.78 is 23.2. The molecule has 0 fully saturated rings. The molecule has 0 heterocycles. The number of hydrogen-bond acceptors (Lipinski definition) is 6. The molecule has 3 atom stereocenters. The van der Waals surface area contributed by atoms with Crippen LogP contribution in [0.15, 0.2) is 24.3 Å². The Kier molecular flexibility index (Phi) is 52.1. The fourth-order valence-electron chi connectivity index (χ4n) is 9.33. The molecule has 0 aliphatic heterocycles. The highest BCUT2D eigenvalue weighted by Gasteiger charge is 2.23. The number of nitrogens with one attached hydrogen (secondary N) is 1. The Balaban J connectivity index is 3.67. The zero-order valence-corrected chi connectivity index (χ0v) is 48.4. The van der Waals surface area contributed by atoms with Gasteiger partial charge in [-0.2, -0.15) is 0 Å². The summed E-state index contributed by atoms with van der Waals surface area (Å²) in [5.74, 6) is -0.196. The number of amides is 1. The Bertz CT molecular complexity index is 1190. The molecule has 1 amide bonds. The Morgan fingerprint density at radius 2 is 0.786 bits per heavy atom. The van der Waals surface area contributed by atoms with Crippen LogP contribution >= 0.6 is 7.82 Å². The summed E-state index contributed by atoms with van der Waals surface area (Å²) >= 11 is 0. The van der Waals surface area contributed by atoms with Crippen molar-refractivity contribution in [1.82, 2.24) is 5.32 Å². The second-order valence-corrected chi connectivity index (χ2v) is 23.8. The number of quaternary nitrogens is 1. The third-order valence-corrected chi connectivity index (χ3v) is 15.1. The van der Waals surface area contributed by atoms with Crippen molar-refractivity contribution in [2.24, 2.45) is 0 Å². The van der Waals surface area contributed by atoms with Gasteiger partial charge in [0.15, 0.2) is 0 Å². The number of nitrogens with zero attached hydrogens (tertiary/aromatic N) is 1. The van der Waals surface area contributed by atoms with Gasteiger partial charge in [-0.05, 0) is 44.9 Å². The topological polar surface area (TPSA) is 108 Å². The van der Waals surface area contributed by atoms with Crippen molar-refractivity contribution in [2.45, 2.75) is 321 Å². The normalized spacial score (nSPS) is 14.0. The first-order valence-electron chi connectivity index (χ1n) is 30.7. The van der Waals surface area contributed by atoms with Gasteiger partial charge in [-0.15, -0.1) is 0 Å². The van der Waals surface area contributed by atoms with E-state index in [1.807, 2.05) is 27.2 Å². The van der Waals surface area contributed by atoms with Crippen molar-refractivity contribution in [1.29, 1.82) is 0 Å². The predicted octanol–water partition coefficient (Wildman–Crippen LogP) is 18.1. The van der Waals surface area contributed by atoms with Gasteiger partial charge in [0, 0.05) is 6.42 Å². The maximum Gasteiger partial charge on any atom is 0.268 e. The molecule has 0 aromatic rings. The third-order valence-electron chi connectivity index (χ3n) is 14.2. The highest BCUT2D eigenvalue weighted by Crippen LogP contribution is 2.38. The smallest absolute Gasteiger partial charge is 0.268 e. The molecule has 0 rings (SSSR count). The van der Waals surface area contributed by atoms with E-state index in [0.717, 1.165) is 38.5 Å². The molecular weight excluding hydrogens is 888 g/mol. The van der Waals surface area contributed by atoms with Gasteiger partial charge in [-0.3, -0.25) is 9.36 Å². The van der Waals surface area contributed by atoms with Crippen LogP contribution in [0.4, 0.5) is 0 Å². The molecule has 0 aliphatic carbocycles. The fourth-order valence-corrected chi connectivity index (χ4v) is 10.1. The first-order chi connectivity index (χ1) is 34.0. The van der Waals surface area contributed by atoms with E-state index in [9.17, 15) is 19.4 Å². The predicted molar refractivity (Wildman–Crippen MR) is 302 cm³/mol. The summed E-state index contributed by atoms with van der Waals surface area (Å²) in [4.78, 5) is 25.3. The molecule has 0 saturated carbocycles. The van der Waals surface area contributed by atoms with Gasteiger partial charge in [0.05, 0.1) is 39.9 Å². The van der Waals surface area contributed by atoms with Gasteiger partial charge < -0.3 is 28.8 Å². The zero-order valence-electron chi connectivity index (χ0n) is 47.5. The summed E-state index contributed by atoms with van der Waals surface area (Å²) in [6.07, 6.45) is 67.7. The summed E-state index contributed by atoms with van der Waals surface area (Å²) in [7, 11) is 1.27. The Hall–Kier alpha value is -1.02. The minimum Gasteiger partial charge on any atom is -0.756 e. The van der Waals surface area contributed by atoms with Gasteiger partial charge in [0.2, 0.25) is 5.91 Å². The van der Waals surface area contributed by atoms with Crippen LogP contribution in [0.2, 0.25) is 0 Å². The second kappa shape index (κ2) is 52.8. The summed E-state index contributed by atoms with van der Waals surface area (Å²) in [5.41, 5.74) is 0. The number of rotatable bonds is 57. The Morgan fingerprint density at radius 1 is 0.486 bits per heavy atom. The first kappa shape index (κ1) is 69.0. The number of hydrogen-bond donors (Lipinski definition) is 2. The first-order valence-corrected chi connectivity index (χ1v) is 32.2. The fraction of sp³-hybridized carbons (Fsp3) is 0.918. The monoisotopic (exact) mass is 1010 g/mol. The SMILES string of the molecule is CCCCCCC/C=C/C(O)C(COP(=O)([O-])OCC[N+](C)(C)C)NC(=O)CCCCCCCCCCCCCCCCCCCCCCCCCCCCCCC/C=C\CCCCCCCCCC. The van der Waals surface area contributed by atoms with E-state index in [2.05, 4.69) is 31.3 Å². The molecule has 70 heavy (non-hydrogen) atoms. The van der Waals surface area contributed by atoms with Crippen LogP contribution in [0, 0.1) is 0 Å². The molecule has 9 heteroatoms. The summed E-state index contributed by atoms with van der Waals surface area (Å²) in [6.45, 7) is 4.61. The minimum absolute atomic E-state index is 0.000975. The van der Waals surface area contributed by atoms with Crippen molar-refractivity contribution in [3.63, 3.8) is 0 Å². The van der Waals surface area contributed by atoms with Crippen molar-refractivity contribution < 1.29 is 32.9 Å². The quantitative estimate of drug-likeness (QED) is 0.0272. The van der Waals surface area contributed by atoms with Gasteiger partial charge in [-0.25, -0.2) is 0 Å². The van der Waals surface area contributed by atoms with Gasteiger partial charge in [0.1, 0.15) is 13.2 Å². The van der Waals surface area contributed by atoms with E-state index in [0.29, 0.717) is 17.4 Å². The highest BCUT2D eigenvalue weighted by molar-refractivity contribution is 7.45. The number of unbranched alkanes of at least 4 members (excludes halogenated alkanes) is 42. The molecule has 0 aliphatic rings.